The van der Waals surface area contributed by atoms with E-state index in [1.807, 2.05) is 0 Å². The molecule has 0 heterocycles. The largest absolute Gasteiger partial charge is 0.459 e. The van der Waals surface area contributed by atoms with Crippen molar-refractivity contribution in [2.45, 2.75) is 26.4 Å². The SMILES string of the molecule is CC(C)(C)OC(=O)CS(=O)(=O)CC(=O)c1ccccc1. The maximum atomic E-state index is 11.8. The second kappa shape index (κ2) is 6.17. The number of carbonyl (C=O) groups is 2. The number of ketones is 1. The summed E-state index contributed by atoms with van der Waals surface area (Å²) in [4.78, 5) is 23.3. The third kappa shape index (κ3) is 5.97. The zero-order valence-electron chi connectivity index (χ0n) is 11.8. The molecule has 1 rings (SSSR count). The van der Waals surface area contributed by atoms with Gasteiger partial charge < -0.3 is 4.74 Å². The summed E-state index contributed by atoms with van der Waals surface area (Å²) in [6.07, 6.45) is 0. The average molecular weight is 298 g/mol. The summed E-state index contributed by atoms with van der Waals surface area (Å²) in [5, 5.41) is 0. The molecule has 20 heavy (non-hydrogen) atoms. The molecule has 0 bridgehead atoms. The van der Waals surface area contributed by atoms with Crippen LogP contribution >= 0.6 is 0 Å². The van der Waals surface area contributed by atoms with E-state index in [4.69, 9.17) is 4.74 Å². The predicted octanol–water partition coefficient (Wildman–Crippen LogP) is 1.63. The van der Waals surface area contributed by atoms with Gasteiger partial charge in [-0.2, -0.15) is 0 Å². The molecule has 0 unspecified atom stereocenters. The van der Waals surface area contributed by atoms with E-state index in [1.165, 1.54) is 12.1 Å². The van der Waals surface area contributed by atoms with Crippen LogP contribution in [0.5, 0.6) is 0 Å². The number of Topliss-reactive ketones (excluding diaryl/α,β-unsaturated/α-hetero) is 1. The maximum Gasteiger partial charge on any atom is 0.321 e. The summed E-state index contributed by atoms with van der Waals surface area (Å²) in [6, 6.07) is 8.09. The van der Waals surface area contributed by atoms with E-state index >= 15 is 0 Å². The van der Waals surface area contributed by atoms with Crippen LogP contribution < -0.4 is 0 Å². The number of rotatable bonds is 5. The normalized spacial score (nSPS) is 11.9. The van der Waals surface area contributed by atoms with Gasteiger partial charge in [-0.25, -0.2) is 8.42 Å². The highest BCUT2D eigenvalue weighted by molar-refractivity contribution is 7.92. The lowest BCUT2D eigenvalue weighted by molar-refractivity contribution is -0.151. The van der Waals surface area contributed by atoms with Crippen LogP contribution in [0.15, 0.2) is 30.3 Å². The Bertz CT molecular complexity index is 582. The molecule has 0 atom stereocenters. The number of esters is 1. The fourth-order valence-corrected chi connectivity index (χ4v) is 2.59. The van der Waals surface area contributed by atoms with Gasteiger partial charge in [-0.1, -0.05) is 30.3 Å². The smallest absolute Gasteiger partial charge is 0.321 e. The van der Waals surface area contributed by atoms with Gasteiger partial charge in [0.2, 0.25) is 0 Å². The highest BCUT2D eigenvalue weighted by Gasteiger charge is 2.25. The Kier molecular flexibility index (Phi) is 5.05. The molecule has 0 amide bonds. The van der Waals surface area contributed by atoms with Crippen molar-refractivity contribution in [3.05, 3.63) is 35.9 Å². The molecule has 0 aliphatic carbocycles. The lowest BCUT2D eigenvalue weighted by Gasteiger charge is -2.19. The number of sulfone groups is 1. The molecule has 0 spiro atoms. The van der Waals surface area contributed by atoms with Crippen LogP contribution in [-0.2, 0) is 19.4 Å². The summed E-state index contributed by atoms with van der Waals surface area (Å²) in [5.41, 5.74) is -0.448. The first-order valence-corrected chi connectivity index (χ1v) is 7.92. The average Bonchev–Trinajstić information content (AvgIpc) is 2.25. The van der Waals surface area contributed by atoms with Crippen molar-refractivity contribution in [1.82, 2.24) is 0 Å². The molecule has 0 saturated heterocycles. The molecule has 0 saturated carbocycles. The summed E-state index contributed by atoms with van der Waals surface area (Å²) in [6.45, 7) is 4.94. The first-order valence-electron chi connectivity index (χ1n) is 6.09. The minimum absolute atomic E-state index is 0.306. The predicted molar refractivity (Wildman–Crippen MR) is 75.3 cm³/mol. The Hall–Kier alpha value is -1.69. The van der Waals surface area contributed by atoms with Crippen molar-refractivity contribution in [2.24, 2.45) is 0 Å². The third-order valence-corrected chi connectivity index (χ3v) is 3.58. The molecule has 110 valence electrons. The van der Waals surface area contributed by atoms with Gasteiger partial charge in [-0.3, -0.25) is 9.59 Å². The minimum Gasteiger partial charge on any atom is -0.459 e. The van der Waals surface area contributed by atoms with Gasteiger partial charge in [-0.15, -0.1) is 0 Å². The third-order valence-electron chi connectivity index (χ3n) is 2.20. The van der Waals surface area contributed by atoms with E-state index in [-0.39, 0.29) is 0 Å². The highest BCUT2D eigenvalue weighted by Crippen LogP contribution is 2.09. The Balaban J connectivity index is 2.67. The van der Waals surface area contributed by atoms with Gasteiger partial charge in [0.05, 0.1) is 0 Å². The molecule has 0 aromatic heterocycles. The zero-order valence-corrected chi connectivity index (χ0v) is 12.6. The summed E-state index contributed by atoms with van der Waals surface area (Å²) < 4.78 is 28.5. The highest BCUT2D eigenvalue weighted by atomic mass is 32.2. The Morgan fingerprint density at radius 3 is 2.10 bits per heavy atom. The Morgan fingerprint density at radius 1 is 1.05 bits per heavy atom. The second-order valence-corrected chi connectivity index (χ2v) is 7.47. The van der Waals surface area contributed by atoms with Gasteiger partial charge in [0, 0.05) is 5.56 Å². The van der Waals surface area contributed by atoms with Crippen molar-refractivity contribution in [1.29, 1.82) is 0 Å². The van der Waals surface area contributed by atoms with Gasteiger partial charge in [0.1, 0.15) is 17.1 Å². The molecule has 6 heteroatoms. The van der Waals surface area contributed by atoms with Gasteiger partial charge in [0.25, 0.3) is 0 Å². The topological polar surface area (TPSA) is 77.5 Å². The lowest BCUT2D eigenvalue weighted by atomic mass is 10.2. The Morgan fingerprint density at radius 2 is 1.60 bits per heavy atom. The molecular weight excluding hydrogens is 280 g/mol. The van der Waals surface area contributed by atoms with Crippen molar-refractivity contribution < 1.29 is 22.7 Å². The van der Waals surface area contributed by atoms with Gasteiger partial charge in [0.15, 0.2) is 15.6 Å². The summed E-state index contributed by atoms with van der Waals surface area (Å²) in [5.74, 6) is -2.87. The quantitative estimate of drug-likeness (QED) is 0.610. The van der Waals surface area contributed by atoms with E-state index in [0.717, 1.165) is 0 Å². The zero-order chi connectivity index (χ0) is 15.4. The van der Waals surface area contributed by atoms with Crippen LogP contribution in [-0.4, -0.2) is 37.3 Å². The van der Waals surface area contributed by atoms with Crippen LogP contribution in [0.25, 0.3) is 0 Å². The van der Waals surface area contributed by atoms with E-state index in [1.54, 1.807) is 39.0 Å². The van der Waals surface area contributed by atoms with Crippen molar-refractivity contribution in [2.75, 3.05) is 11.5 Å². The number of benzene rings is 1. The fraction of sp³-hybridized carbons (Fsp3) is 0.429. The molecule has 1 aromatic carbocycles. The van der Waals surface area contributed by atoms with E-state index in [2.05, 4.69) is 0 Å². The molecule has 0 radical (unpaired) electrons. The minimum atomic E-state index is -3.82. The summed E-state index contributed by atoms with van der Waals surface area (Å²) in [7, 11) is -3.82. The molecule has 0 aliphatic heterocycles. The van der Waals surface area contributed by atoms with Crippen LogP contribution in [0.4, 0.5) is 0 Å². The van der Waals surface area contributed by atoms with E-state index in [9.17, 15) is 18.0 Å². The monoisotopic (exact) mass is 298 g/mol. The van der Waals surface area contributed by atoms with Crippen LogP contribution in [0.2, 0.25) is 0 Å². The molecule has 0 N–H and O–H groups in total. The second-order valence-electron chi connectivity index (χ2n) is 5.41. The van der Waals surface area contributed by atoms with Crippen molar-refractivity contribution in [3.8, 4) is 0 Å². The molecular formula is C14H18O5S. The number of ether oxygens (including phenoxy) is 1. The molecule has 1 aromatic rings. The van der Waals surface area contributed by atoms with Gasteiger partial charge in [-0.05, 0) is 20.8 Å². The fourth-order valence-electron chi connectivity index (χ4n) is 1.51. The van der Waals surface area contributed by atoms with E-state index in [0.29, 0.717) is 5.56 Å². The first-order chi connectivity index (χ1) is 9.09. The standard InChI is InChI=1S/C14H18O5S/c1-14(2,3)19-13(16)10-20(17,18)9-12(15)11-7-5-4-6-8-11/h4-8H,9-10H2,1-3H3. The van der Waals surface area contributed by atoms with Crippen LogP contribution in [0, 0.1) is 0 Å². The van der Waals surface area contributed by atoms with Crippen molar-refractivity contribution in [3.63, 3.8) is 0 Å². The van der Waals surface area contributed by atoms with Gasteiger partial charge >= 0.3 is 5.97 Å². The van der Waals surface area contributed by atoms with E-state index < -0.39 is 38.7 Å². The number of carbonyl (C=O) groups excluding carboxylic acids is 2. The van der Waals surface area contributed by atoms with Crippen LogP contribution in [0.1, 0.15) is 31.1 Å². The lowest BCUT2D eigenvalue weighted by Crippen LogP contribution is -2.30. The molecule has 0 fully saturated rings. The first kappa shape index (κ1) is 16.4. The van der Waals surface area contributed by atoms with Crippen LogP contribution in [0.3, 0.4) is 0 Å². The molecule has 0 aliphatic rings. The molecule has 5 nitrogen and oxygen atoms in total. The number of hydrogen-bond acceptors (Lipinski definition) is 5. The van der Waals surface area contributed by atoms with Crippen molar-refractivity contribution >= 4 is 21.6 Å². The Labute approximate surface area is 118 Å². The summed E-state index contributed by atoms with van der Waals surface area (Å²) >= 11 is 0. The maximum absolute atomic E-state index is 11.8. The number of hydrogen-bond donors (Lipinski definition) is 0.